The molecule has 1 N–H and O–H groups in total. The van der Waals surface area contributed by atoms with Crippen molar-refractivity contribution in [3.8, 4) is 17.9 Å². The molecule has 0 aliphatic rings. The summed E-state index contributed by atoms with van der Waals surface area (Å²) in [6.45, 7) is 0.582. The van der Waals surface area contributed by atoms with Crippen LogP contribution in [-0.2, 0) is 0 Å². The second kappa shape index (κ2) is 8.39. The van der Waals surface area contributed by atoms with Gasteiger partial charge in [-0.05, 0) is 12.1 Å². The van der Waals surface area contributed by atoms with Gasteiger partial charge in [0.2, 0.25) is 0 Å². The molecule has 104 valence electrons. The first-order chi connectivity index (χ1) is 9.72. The molecule has 1 aromatic rings. The first-order valence-electron chi connectivity index (χ1n) is 6.15. The van der Waals surface area contributed by atoms with Gasteiger partial charge in [0.1, 0.15) is 5.75 Å². The molecule has 6 heteroatoms. The lowest BCUT2D eigenvalue weighted by molar-refractivity contribution is 0.214. The Balaban J connectivity index is 2.74. The van der Waals surface area contributed by atoms with Crippen LogP contribution in [0.5, 0.6) is 5.75 Å². The summed E-state index contributed by atoms with van der Waals surface area (Å²) in [5.74, 6) is 0.557. The van der Waals surface area contributed by atoms with E-state index in [0.717, 1.165) is 0 Å². The van der Waals surface area contributed by atoms with Crippen LogP contribution in [0.1, 0.15) is 12.8 Å². The van der Waals surface area contributed by atoms with Gasteiger partial charge in [-0.3, -0.25) is 0 Å². The number of carbonyl (C=O) groups excluding carboxylic acids is 1. The lowest BCUT2D eigenvalue weighted by atomic mass is 10.3. The molecule has 0 aliphatic carbocycles. The molecule has 1 rings (SSSR count). The quantitative estimate of drug-likeness (QED) is 0.860. The number of methoxy groups -OCH3 is 1. The number of nitriles is 2. The van der Waals surface area contributed by atoms with Crippen molar-refractivity contribution in [2.24, 2.45) is 0 Å². The average Bonchev–Trinajstić information content (AvgIpc) is 2.47. The van der Waals surface area contributed by atoms with Crippen LogP contribution in [0.15, 0.2) is 24.3 Å². The Morgan fingerprint density at radius 1 is 1.25 bits per heavy atom. The van der Waals surface area contributed by atoms with E-state index in [1.165, 1.54) is 12.0 Å². The number of para-hydroxylation sites is 2. The molecule has 20 heavy (non-hydrogen) atoms. The van der Waals surface area contributed by atoms with E-state index in [4.69, 9.17) is 15.3 Å². The molecular weight excluding hydrogens is 256 g/mol. The summed E-state index contributed by atoms with van der Waals surface area (Å²) in [6.07, 6.45) is 0.454. The lowest BCUT2D eigenvalue weighted by Gasteiger charge is -2.21. The molecule has 0 aromatic heterocycles. The van der Waals surface area contributed by atoms with Crippen LogP contribution in [-0.4, -0.2) is 31.1 Å². The number of anilines is 1. The standard InChI is InChI=1S/C14H16N4O2/c1-20-13-7-3-2-6-12(13)17-14(19)18(10-4-8-15)11-5-9-16/h2-3,6-7H,4-5,10-11H2,1H3,(H,17,19). The second-order valence-corrected chi connectivity index (χ2v) is 3.93. The van der Waals surface area contributed by atoms with Gasteiger partial charge in [0.05, 0.1) is 37.8 Å². The van der Waals surface area contributed by atoms with Gasteiger partial charge in [-0.2, -0.15) is 10.5 Å². The van der Waals surface area contributed by atoms with Gasteiger partial charge in [-0.1, -0.05) is 12.1 Å². The molecular formula is C14H16N4O2. The summed E-state index contributed by atoms with van der Waals surface area (Å²) in [4.78, 5) is 13.6. The van der Waals surface area contributed by atoms with Crippen molar-refractivity contribution < 1.29 is 9.53 Å². The molecule has 0 fully saturated rings. The summed E-state index contributed by atoms with van der Waals surface area (Å²) in [5, 5.41) is 19.9. The van der Waals surface area contributed by atoms with E-state index < -0.39 is 0 Å². The van der Waals surface area contributed by atoms with Crippen molar-refractivity contribution in [2.45, 2.75) is 12.8 Å². The molecule has 0 aliphatic heterocycles. The number of rotatable bonds is 6. The van der Waals surface area contributed by atoms with Crippen LogP contribution in [0, 0.1) is 22.7 Å². The Bertz CT molecular complexity index is 513. The number of carbonyl (C=O) groups is 1. The summed E-state index contributed by atoms with van der Waals surface area (Å²) < 4.78 is 5.15. The van der Waals surface area contributed by atoms with Crippen molar-refractivity contribution in [3.63, 3.8) is 0 Å². The van der Waals surface area contributed by atoms with Gasteiger partial charge in [-0.25, -0.2) is 4.79 Å². The summed E-state index contributed by atoms with van der Waals surface area (Å²) in [5.41, 5.74) is 0.555. The van der Waals surface area contributed by atoms with Gasteiger partial charge in [-0.15, -0.1) is 0 Å². The fourth-order valence-electron chi connectivity index (χ4n) is 1.63. The largest absolute Gasteiger partial charge is 0.495 e. The molecule has 1 aromatic carbocycles. The smallest absolute Gasteiger partial charge is 0.322 e. The minimum Gasteiger partial charge on any atom is -0.495 e. The highest BCUT2D eigenvalue weighted by atomic mass is 16.5. The minimum atomic E-state index is -0.347. The number of amides is 2. The van der Waals surface area contributed by atoms with Gasteiger partial charge < -0.3 is 15.0 Å². The van der Waals surface area contributed by atoms with Crippen LogP contribution in [0.3, 0.4) is 0 Å². The minimum absolute atomic E-state index is 0.227. The highest BCUT2D eigenvalue weighted by Crippen LogP contribution is 2.23. The predicted octanol–water partition coefficient (Wildman–Crippen LogP) is 2.36. The highest BCUT2D eigenvalue weighted by molar-refractivity contribution is 5.91. The Labute approximate surface area is 118 Å². The number of ether oxygens (including phenoxy) is 1. The Hall–Kier alpha value is -2.73. The van der Waals surface area contributed by atoms with E-state index in [9.17, 15) is 4.79 Å². The van der Waals surface area contributed by atoms with Crippen LogP contribution in [0.2, 0.25) is 0 Å². The molecule has 0 heterocycles. The molecule has 0 saturated carbocycles. The summed E-state index contributed by atoms with van der Waals surface area (Å²) in [7, 11) is 1.52. The molecule has 0 bridgehead atoms. The summed E-state index contributed by atoms with van der Waals surface area (Å²) in [6, 6.07) is 10.7. The highest BCUT2D eigenvalue weighted by Gasteiger charge is 2.14. The van der Waals surface area contributed by atoms with Crippen molar-refractivity contribution >= 4 is 11.7 Å². The summed E-state index contributed by atoms with van der Waals surface area (Å²) >= 11 is 0. The maximum atomic E-state index is 12.1. The zero-order chi connectivity index (χ0) is 14.8. The third-order valence-electron chi connectivity index (χ3n) is 2.62. The van der Waals surface area contributed by atoms with Crippen molar-refractivity contribution in [2.75, 3.05) is 25.5 Å². The van der Waals surface area contributed by atoms with Crippen LogP contribution >= 0.6 is 0 Å². The molecule has 0 unspecified atom stereocenters. The normalized spacial score (nSPS) is 9.15. The Kier molecular flexibility index (Phi) is 6.43. The van der Waals surface area contributed by atoms with Crippen LogP contribution < -0.4 is 10.1 Å². The SMILES string of the molecule is COc1ccccc1NC(=O)N(CCC#N)CCC#N. The third-order valence-corrected chi connectivity index (χ3v) is 2.62. The van der Waals surface area contributed by atoms with E-state index in [1.807, 2.05) is 12.1 Å². The molecule has 0 radical (unpaired) electrons. The lowest BCUT2D eigenvalue weighted by Crippen LogP contribution is -2.36. The van der Waals surface area contributed by atoms with E-state index in [2.05, 4.69) is 5.32 Å². The average molecular weight is 272 g/mol. The van der Waals surface area contributed by atoms with E-state index in [-0.39, 0.29) is 18.9 Å². The first-order valence-corrected chi connectivity index (χ1v) is 6.15. The number of hydrogen-bond acceptors (Lipinski definition) is 4. The number of nitrogens with zero attached hydrogens (tertiary/aromatic N) is 3. The maximum absolute atomic E-state index is 12.1. The molecule has 2 amide bonds. The second-order valence-electron chi connectivity index (χ2n) is 3.93. The predicted molar refractivity (Wildman–Crippen MR) is 74.0 cm³/mol. The van der Waals surface area contributed by atoms with Gasteiger partial charge in [0, 0.05) is 13.1 Å². The third kappa shape index (κ3) is 4.51. The van der Waals surface area contributed by atoms with E-state index in [1.54, 1.807) is 24.3 Å². The zero-order valence-corrected chi connectivity index (χ0v) is 11.3. The van der Waals surface area contributed by atoms with Gasteiger partial charge >= 0.3 is 6.03 Å². The van der Waals surface area contributed by atoms with Crippen molar-refractivity contribution in [1.82, 2.24) is 4.90 Å². The van der Waals surface area contributed by atoms with Gasteiger partial charge in [0.25, 0.3) is 0 Å². The number of nitrogens with one attached hydrogen (secondary N) is 1. The Morgan fingerprint density at radius 3 is 2.40 bits per heavy atom. The fourth-order valence-corrected chi connectivity index (χ4v) is 1.63. The zero-order valence-electron chi connectivity index (χ0n) is 11.3. The van der Waals surface area contributed by atoms with Gasteiger partial charge in [0.15, 0.2) is 0 Å². The van der Waals surface area contributed by atoms with Crippen molar-refractivity contribution in [3.05, 3.63) is 24.3 Å². The van der Waals surface area contributed by atoms with Crippen molar-refractivity contribution in [1.29, 1.82) is 10.5 Å². The molecule has 0 atom stereocenters. The number of hydrogen-bond donors (Lipinski definition) is 1. The fraction of sp³-hybridized carbons (Fsp3) is 0.357. The van der Waals surface area contributed by atoms with Crippen LogP contribution in [0.4, 0.5) is 10.5 Å². The first kappa shape index (κ1) is 15.3. The molecule has 6 nitrogen and oxygen atoms in total. The Morgan fingerprint density at radius 2 is 1.85 bits per heavy atom. The van der Waals surface area contributed by atoms with E-state index in [0.29, 0.717) is 24.5 Å². The molecule has 0 saturated heterocycles. The topological polar surface area (TPSA) is 89.2 Å². The monoisotopic (exact) mass is 272 g/mol. The van der Waals surface area contributed by atoms with Crippen LogP contribution in [0.25, 0.3) is 0 Å². The maximum Gasteiger partial charge on any atom is 0.322 e. The number of benzene rings is 1. The van der Waals surface area contributed by atoms with E-state index >= 15 is 0 Å². The number of urea groups is 1. The molecule has 0 spiro atoms.